The number of aryl methyl sites for hydroxylation is 1. The van der Waals surface area contributed by atoms with E-state index in [1.54, 1.807) is 7.11 Å². The van der Waals surface area contributed by atoms with Crippen LogP contribution in [0.2, 0.25) is 0 Å². The molecule has 1 heterocycles. The van der Waals surface area contributed by atoms with E-state index in [0.717, 1.165) is 25.3 Å². The van der Waals surface area contributed by atoms with Crippen LogP contribution in [0.25, 0.3) is 0 Å². The van der Waals surface area contributed by atoms with Crippen LogP contribution in [0.5, 0.6) is 0 Å². The van der Waals surface area contributed by atoms with Gasteiger partial charge in [-0.25, -0.2) is 4.98 Å². The van der Waals surface area contributed by atoms with Crippen LogP contribution in [0.15, 0.2) is 36.7 Å². The summed E-state index contributed by atoms with van der Waals surface area (Å²) < 4.78 is 7.15. The summed E-state index contributed by atoms with van der Waals surface area (Å²) >= 11 is 0. The summed E-state index contributed by atoms with van der Waals surface area (Å²) in [7, 11) is 3.74. The van der Waals surface area contributed by atoms with Gasteiger partial charge in [0.25, 0.3) is 0 Å². The van der Waals surface area contributed by atoms with Crippen molar-refractivity contribution in [2.75, 3.05) is 13.7 Å². The maximum absolute atomic E-state index is 5.09. The Kier molecular flexibility index (Phi) is 5.12. The fourth-order valence-corrected chi connectivity index (χ4v) is 1.99. The number of hydrogen-bond donors (Lipinski definition) is 1. The molecule has 0 saturated carbocycles. The molecule has 4 heteroatoms. The van der Waals surface area contributed by atoms with Crippen molar-refractivity contribution in [3.05, 3.63) is 53.6 Å². The lowest BCUT2D eigenvalue weighted by atomic mass is 10.1. The number of ether oxygens (including phenoxy) is 1. The van der Waals surface area contributed by atoms with Crippen molar-refractivity contribution >= 4 is 0 Å². The predicted octanol–water partition coefficient (Wildman–Crippen LogP) is 1.90. The Bertz CT molecular complexity index is 490. The largest absolute Gasteiger partial charge is 0.380 e. The van der Waals surface area contributed by atoms with Gasteiger partial charge in [-0.15, -0.1) is 0 Å². The van der Waals surface area contributed by atoms with Crippen LogP contribution in [-0.2, 0) is 31.4 Å². The number of nitrogens with one attached hydrogen (secondary N) is 1. The lowest BCUT2D eigenvalue weighted by Gasteiger charge is -2.06. The molecule has 1 aromatic heterocycles. The Hall–Kier alpha value is -1.65. The third kappa shape index (κ3) is 4.19. The Morgan fingerprint density at radius 2 is 1.95 bits per heavy atom. The van der Waals surface area contributed by atoms with Gasteiger partial charge in [0, 0.05) is 46.1 Å². The van der Waals surface area contributed by atoms with Crippen molar-refractivity contribution in [2.24, 2.45) is 7.05 Å². The average molecular weight is 259 g/mol. The Morgan fingerprint density at radius 3 is 2.58 bits per heavy atom. The van der Waals surface area contributed by atoms with Gasteiger partial charge >= 0.3 is 0 Å². The van der Waals surface area contributed by atoms with Gasteiger partial charge < -0.3 is 14.6 Å². The van der Waals surface area contributed by atoms with E-state index in [1.165, 1.54) is 11.1 Å². The second-order valence-corrected chi connectivity index (χ2v) is 4.63. The summed E-state index contributed by atoms with van der Waals surface area (Å²) in [5.74, 6) is 1.11. The minimum Gasteiger partial charge on any atom is -0.380 e. The van der Waals surface area contributed by atoms with E-state index in [2.05, 4.69) is 39.1 Å². The number of methoxy groups -OCH3 is 1. The second-order valence-electron chi connectivity index (χ2n) is 4.63. The van der Waals surface area contributed by atoms with Crippen molar-refractivity contribution in [1.82, 2.24) is 14.9 Å². The first kappa shape index (κ1) is 13.8. The SMILES string of the molecule is COCc1ccc(CNCCc2nccn2C)cc1. The highest BCUT2D eigenvalue weighted by Gasteiger charge is 1.99. The van der Waals surface area contributed by atoms with Gasteiger partial charge in [-0.2, -0.15) is 0 Å². The smallest absolute Gasteiger partial charge is 0.109 e. The first-order chi connectivity index (χ1) is 9.29. The maximum Gasteiger partial charge on any atom is 0.109 e. The third-order valence-electron chi connectivity index (χ3n) is 3.11. The van der Waals surface area contributed by atoms with Crippen LogP contribution < -0.4 is 5.32 Å². The molecule has 2 rings (SSSR count). The van der Waals surface area contributed by atoms with Crippen molar-refractivity contribution < 1.29 is 4.74 Å². The standard InChI is InChI=1S/C15H21N3O/c1-18-10-9-17-15(18)7-8-16-11-13-3-5-14(6-4-13)12-19-2/h3-6,9-10,16H,7-8,11-12H2,1-2H3. The molecule has 0 radical (unpaired) electrons. The molecule has 0 aliphatic heterocycles. The number of nitrogens with zero attached hydrogens (tertiary/aromatic N) is 2. The molecule has 102 valence electrons. The monoisotopic (exact) mass is 259 g/mol. The minimum absolute atomic E-state index is 0.673. The lowest BCUT2D eigenvalue weighted by molar-refractivity contribution is 0.185. The summed E-state index contributed by atoms with van der Waals surface area (Å²) in [5.41, 5.74) is 2.50. The van der Waals surface area contributed by atoms with Gasteiger partial charge in [-0.1, -0.05) is 24.3 Å². The van der Waals surface area contributed by atoms with Gasteiger partial charge in [0.1, 0.15) is 5.82 Å². The zero-order valence-electron chi connectivity index (χ0n) is 11.6. The third-order valence-corrected chi connectivity index (χ3v) is 3.11. The Morgan fingerprint density at radius 1 is 1.21 bits per heavy atom. The molecular weight excluding hydrogens is 238 g/mol. The number of rotatable bonds is 7. The summed E-state index contributed by atoms with van der Waals surface area (Å²) in [5, 5.41) is 3.43. The highest BCUT2D eigenvalue weighted by molar-refractivity contribution is 5.21. The molecule has 0 atom stereocenters. The summed E-state index contributed by atoms with van der Waals surface area (Å²) in [6.45, 7) is 2.50. The number of hydrogen-bond acceptors (Lipinski definition) is 3. The van der Waals surface area contributed by atoms with Crippen LogP contribution in [0.3, 0.4) is 0 Å². The zero-order valence-corrected chi connectivity index (χ0v) is 11.6. The molecule has 0 saturated heterocycles. The van der Waals surface area contributed by atoms with Crippen molar-refractivity contribution in [3.63, 3.8) is 0 Å². The first-order valence-corrected chi connectivity index (χ1v) is 6.53. The van der Waals surface area contributed by atoms with E-state index >= 15 is 0 Å². The van der Waals surface area contributed by atoms with Crippen LogP contribution >= 0.6 is 0 Å². The van der Waals surface area contributed by atoms with Gasteiger partial charge in [0.05, 0.1) is 6.61 Å². The second kappa shape index (κ2) is 7.07. The predicted molar refractivity (Wildman–Crippen MR) is 75.8 cm³/mol. The average Bonchev–Trinajstić information content (AvgIpc) is 2.83. The molecule has 0 fully saturated rings. The molecular formula is C15H21N3O. The highest BCUT2D eigenvalue weighted by atomic mass is 16.5. The molecule has 0 aliphatic rings. The number of imidazole rings is 1. The Labute approximate surface area is 114 Å². The van der Waals surface area contributed by atoms with E-state index in [-0.39, 0.29) is 0 Å². The number of benzene rings is 1. The quantitative estimate of drug-likeness (QED) is 0.772. The molecule has 0 spiro atoms. The van der Waals surface area contributed by atoms with Crippen LogP contribution in [0.1, 0.15) is 17.0 Å². The fraction of sp³-hybridized carbons (Fsp3) is 0.400. The summed E-state index contributed by atoms with van der Waals surface area (Å²) in [6.07, 6.45) is 4.76. The summed E-state index contributed by atoms with van der Waals surface area (Å²) in [6, 6.07) is 8.50. The molecule has 1 N–H and O–H groups in total. The van der Waals surface area contributed by atoms with Crippen LogP contribution in [0, 0.1) is 0 Å². The Balaban J connectivity index is 1.72. The fourth-order valence-electron chi connectivity index (χ4n) is 1.99. The van der Waals surface area contributed by atoms with Crippen molar-refractivity contribution in [1.29, 1.82) is 0 Å². The molecule has 2 aromatic rings. The molecule has 19 heavy (non-hydrogen) atoms. The molecule has 0 unspecified atom stereocenters. The van der Waals surface area contributed by atoms with Crippen molar-refractivity contribution in [3.8, 4) is 0 Å². The van der Waals surface area contributed by atoms with E-state index in [0.29, 0.717) is 6.61 Å². The van der Waals surface area contributed by atoms with Crippen LogP contribution in [0.4, 0.5) is 0 Å². The maximum atomic E-state index is 5.09. The molecule has 0 amide bonds. The zero-order chi connectivity index (χ0) is 13.5. The molecule has 0 aliphatic carbocycles. The van der Waals surface area contributed by atoms with Gasteiger partial charge in [0.15, 0.2) is 0 Å². The van der Waals surface area contributed by atoms with Gasteiger partial charge in [-0.3, -0.25) is 0 Å². The molecule has 0 bridgehead atoms. The van der Waals surface area contributed by atoms with E-state index in [9.17, 15) is 0 Å². The normalized spacial score (nSPS) is 10.8. The van der Waals surface area contributed by atoms with Gasteiger partial charge in [0.2, 0.25) is 0 Å². The van der Waals surface area contributed by atoms with Crippen molar-refractivity contribution in [2.45, 2.75) is 19.6 Å². The first-order valence-electron chi connectivity index (χ1n) is 6.53. The summed E-state index contributed by atoms with van der Waals surface area (Å²) in [4.78, 5) is 4.30. The molecule has 1 aromatic carbocycles. The van der Waals surface area contributed by atoms with E-state index in [4.69, 9.17) is 4.74 Å². The topological polar surface area (TPSA) is 39.1 Å². The highest BCUT2D eigenvalue weighted by Crippen LogP contribution is 2.05. The number of aromatic nitrogens is 2. The van der Waals surface area contributed by atoms with E-state index < -0.39 is 0 Å². The molecule has 4 nitrogen and oxygen atoms in total. The van der Waals surface area contributed by atoms with Crippen LogP contribution in [-0.4, -0.2) is 23.2 Å². The van der Waals surface area contributed by atoms with Gasteiger partial charge in [-0.05, 0) is 11.1 Å². The minimum atomic E-state index is 0.673. The lowest BCUT2D eigenvalue weighted by Crippen LogP contribution is -2.18. The van der Waals surface area contributed by atoms with E-state index in [1.807, 2.05) is 19.4 Å².